The monoisotopic (exact) mass is 288 g/mol. The average Bonchev–Trinajstić information content (AvgIpc) is 2.47. The topological polar surface area (TPSA) is 103 Å². The fourth-order valence-corrected chi connectivity index (χ4v) is 1.83. The minimum Gasteiger partial charge on any atom is -0.501 e. The van der Waals surface area contributed by atoms with Crippen LogP contribution in [0, 0.1) is 10.1 Å². The molecule has 0 fully saturated rings. The number of aromatic hydroxyl groups is 1. The van der Waals surface area contributed by atoms with Crippen LogP contribution in [0.2, 0.25) is 0 Å². The van der Waals surface area contributed by atoms with Crippen molar-refractivity contribution in [1.29, 1.82) is 0 Å². The van der Waals surface area contributed by atoms with E-state index in [1.165, 1.54) is 0 Å². The third-order valence-corrected chi connectivity index (χ3v) is 2.75. The molecule has 1 aromatic carbocycles. The summed E-state index contributed by atoms with van der Waals surface area (Å²) in [5, 5.41) is 21.2. The summed E-state index contributed by atoms with van der Waals surface area (Å²) in [6.45, 7) is 1.68. The van der Waals surface area contributed by atoms with E-state index in [9.17, 15) is 20.0 Å². The maximum Gasteiger partial charge on any atom is 0.343 e. The van der Waals surface area contributed by atoms with E-state index in [-0.39, 0.29) is 17.9 Å². The maximum atomic E-state index is 11.6. The Labute approximate surface area is 120 Å². The molecule has 0 aliphatic heterocycles. The first-order valence-corrected chi connectivity index (χ1v) is 6.15. The Morgan fingerprint density at radius 1 is 1.38 bits per heavy atom. The second kappa shape index (κ2) is 6.00. The van der Waals surface area contributed by atoms with Crippen molar-refractivity contribution < 1.29 is 19.6 Å². The van der Waals surface area contributed by atoms with Crippen LogP contribution in [0.1, 0.15) is 17.3 Å². The van der Waals surface area contributed by atoms with Crippen molar-refractivity contribution in [3.05, 3.63) is 52.2 Å². The number of carbonyl (C=O) groups excluding carboxylic acids is 1. The maximum absolute atomic E-state index is 11.6. The predicted octanol–water partition coefficient (Wildman–Crippen LogP) is 2.54. The molecule has 1 N–H and O–H groups in total. The summed E-state index contributed by atoms with van der Waals surface area (Å²) in [5.41, 5.74) is -0.490. The van der Waals surface area contributed by atoms with E-state index < -0.39 is 22.3 Å². The number of pyridine rings is 1. The molecule has 2 aromatic rings. The van der Waals surface area contributed by atoms with Gasteiger partial charge in [0.2, 0.25) is 5.75 Å². The highest BCUT2D eigenvalue weighted by Crippen LogP contribution is 2.37. The van der Waals surface area contributed by atoms with Crippen LogP contribution in [0.4, 0.5) is 5.69 Å². The molecule has 0 spiro atoms. The molecule has 108 valence electrons. The number of carbonyl (C=O) groups is 1. The summed E-state index contributed by atoms with van der Waals surface area (Å²) < 4.78 is 4.73. The first kappa shape index (κ1) is 14.4. The quantitative estimate of drug-likeness (QED) is 0.527. The van der Waals surface area contributed by atoms with Gasteiger partial charge in [0, 0.05) is 11.8 Å². The molecule has 0 aliphatic rings. The molecule has 0 radical (unpaired) electrons. The zero-order valence-electron chi connectivity index (χ0n) is 11.1. The van der Waals surface area contributed by atoms with Gasteiger partial charge < -0.3 is 9.84 Å². The fourth-order valence-electron chi connectivity index (χ4n) is 1.83. The molecule has 0 saturated heterocycles. The van der Waals surface area contributed by atoms with E-state index in [4.69, 9.17) is 4.74 Å². The Hall–Kier alpha value is -2.96. The van der Waals surface area contributed by atoms with Crippen molar-refractivity contribution in [2.45, 2.75) is 6.92 Å². The number of hydrogen-bond acceptors (Lipinski definition) is 6. The van der Waals surface area contributed by atoms with Gasteiger partial charge in [-0.15, -0.1) is 0 Å². The van der Waals surface area contributed by atoms with Gasteiger partial charge in [-0.3, -0.25) is 10.1 Å². The summed E-state index contributed by atoms with van der Waals surface area (Å²) in [6.07, 6.45) is 1.07. The fraction of sp³-hybridized carbons (Fsp3) is 0.143. The first-order valence-electron chi connectivity index (χ1n) is 6.15. The van der Waals surface area contributed by atoms with E-state index in [1.54, 1.807) is 37.3 Å². The number of nitrogens with zero attached hydrogens (tertiary/aromatic N) is 2. The van der Waals surface area contributed by atoms with Crippen LogP contribution in [0.5, 0.6) is 5.75 Å². The first-order chi connectivity index (χ1) is 10.1. The summed E-state index contributed by atoms with van der Waals surface area (Å²) in [6, 6.07) is 8.38. The van der Waals surface area contributed by atoms with Gasteiger partial charge in [-0.2, -0.15) is 0 Å². The van der Waals surface area contributed by atoms with Gasteiger partial charge in [0.05, 0.1) is 11.5 Å². The molecule has 0 bridgehead atoms. The minimum absolute atomic E-state index is 0.00820. The summed E-state index contributed by atoms with van der Waals surface area (Å²) in [7, 11) is 0. The Bertz CT molecular complexity index is 685. The Balaban J connectivity index is 2.62. The molecule has 7 heteroatoms. The Morgan fingerprint density at radius 2 is 2.05 bits per heavy atom. The predicted molar refractivity (Wildman–Crippen MR) is 73.9 cm³/mol. The van der Waals surface area contributed by atoms with E-state index in [1.807, 2.05) is 0 Å². The van der Waals surface area contributed by atoms with Crippen LogP contribution in [0.3, 0.4) is 0 Å². The van der Waals surface area contributed by atoms with E-state index >= 15 is 0 Å². The van der Waals surface area contributed by atoms with Crippen molar-refractivity contribution in [3.63, 3.8) is 0 Å². The third-order valence-electron chi connectivity index (χ3n) is 2.75. The molecule has 0 aliphatic carbocycles. The molecular weight excluding hydrogens is 276 g/mol. The Morgan fingerprint density at radius 3 is 2.62 bits per heavy atom. The standard InChI is InChI=1S/C14H12N2O5/c1-2-21-14(18)10-8-15-11(9-6-4-3-5-7-9)12(13(10)17)16(19)20/h3-8H,2H2,1H3,(H,15,17). The highest BCUT2D eigenvalue weighted by molar-refractivity contribution is 5.95. The normalized spacial score (nSPS) is 10.1. The van der Waals surface area contributed by atoms with Crippen LogP contribution in [-0.2, 0) is 4.74 Å². The number of hydrogen-bond donors (Lipinski definition) is 1. The molecule has 1 aromatic heterocycles. The highest BCUT2D eigenvalue weighted by atomic mass is 16.6. The highest BCUT2D eigenvalue weighted by Gasteiger charge is 2.28. The van der Waals surface area contributed by atoms with Crippen LogP contribution in [0.15, 0.2) is 36.5 Å². The van der Waals surface area contributed by atoms with E-state index in [2.05, 4.69) is 4.98 Å². The average molecular weight is 288 g/mol. The zero-order valence-corrected chi connectivity index (χ0v) is 11.1. The lowest BCUT2D eigenvalue weighted by Gasteiger charge is -2.07. The van der Waals surface area contributed by atoms with Crippen LogP contribution in [0.25, 0.3) is 11.3 Å². The second-order valence-electron chi connectivity index (χ2n) is 4.06. The van der Waals surface area contributed by atoms with Gasteiger partial charge in [0.15, 0.2) is 5.69 Å². The van der Waals surface area contributed by atoms with Crippen molar-refractivity contribution in [2.24, 2.45) is 0 Å². The summed E-state index contributed by atoms with van der Waals surface area (Å²) in [4.78, 5) is 26.0. The van der Waals surface area contributed by atoms with Crippen molar-refractivity contribution in [2.75, 3.05) is 6.61 Å². The molecule has 0 atom stereocenters. The van der Waals surface area contributed by atoms with Gasteiger partial charge in [-0.25, -0.2) is 9.78 Å². The van der Waals surface area contributed by atoms with Crippen molar-refractivity contribution >= 4 is 11.7 Å². The lowest BCUT2D eigenvalue weighted by molar-refractivity contribution is -0.385. The Kier molecular flexibility index (Phi) is 4.13. The number of nitro groups is 1. The number of esters is 1. The molecule has 0 unspecified atom stereocenters. The van der Waals surface area contributed by atoms with Crippen LogP contribution in [-0.4, -0.2) is 27.6 Å². The summed E-state index contributed by atoms with van der Waals surface area (Å²) >= 11 is 0. The minimum atomic E-state index is -0.856. The van der Waals surface area contributed by atoms with E-state index in [0.29, 0.717) is 5.56 Å². The van der Waals surface area contributed by atoms with Gasteiger partial charge in [-0.1, -0.05) is 30.3 Å². The SMILES string of the molecule is CCOC(=O)c1cnc(-c2ccccc2)c([N+](=O)[O-])c1O. The van der Waals surface area contributed by atoms with Crippen molar-refractivity contribution in [1.82, 2.24) is 4.98 Å². The van der Waals surface area contributed by atoms with Crippen molar-refractivity contribution in [3.8, 4) is 17.0 Å². The second-order valence-corrected chi connectivity index (χ2v) is 4.06. The third kappa shape index (κ3) is 2.81. The molecular formula is C14H12N2O5. The zero-order chi connectivity index (χ0) is 15.4. The van der Waals surface area contributed by atoms with Crippen LogP contribution >= 0.6 is 0 Å². The van der Waals surface area contributed by atoms with Gasteiger partial charge >= 0.3 is 11.7 Å². The lowest BCUT2D eigenvalue weighted by atomic mass is 10.1. The summed E-state index contributed by atoms with van der Waals surface area (Å²) in [5.74, 6) is -1.60. The molecule has 7 nitrogen and oxygen atoms in total. The van der Waals surface area contributed by atoms with E-state index in [0.717, 1.165) is 6.20 Å². The lowest BCUT2D eigenvalue weighted by Crippen LogP contribution is -2.07. The number of rotatable bonds is 4. The number of ether oxygens (including phenoxy) is 1. The molecule has 2 rings (SSSR count). The van der Waals surface area contributed by atoms with Gasteiger partial charge in [0.25, 0.3) is 0 Å². The largest absolute Gasteiger partial charge is 0.501 e. The number of aromatic nitrogens is 1. The number of benzene rings is 1. The molecule has 0 amide bonds. The molecule has 21 heavy (non-hydrogen) atoms. The molecule has 0 saturated carbocycles. The van der Waals surface area contributed by atoms with Gasteiger partial charge in [0.1, 0.15) is 5.56 Å². The van der Waals surface area contributed by atoms with Crippen LogP contribution < -0.4 is 0 Å². The molecule has 1 heterocycles. The smallest absolute Gasteiger partial charge is 0.343 e. The van der Waals surface area contributed by atoms with Gasteiger partial charge in [-0.05, 0) is 6.92 Å².